The van der Waals surface area contributed by atoms with Gasteiger partial charge in [0.05, 0.1) is 0 Å². The van der Waals surface area contributed by atoms with Gasteiger partial charge in [-0.25, -0.2) is 10.2 Å². The molecule has 0 aromatic heterocycles. The Morgan fingerprint density at radius 1 is 1.33 bits per heavy atom. The van der Waals surface area contributed by atoms with Crippen LogP contribution in [0.15, 0.2) is 23.3 Å². The topological polar surface area (TPSA) is 96.9 Å². The minimum atomic E-state index is -0.695. The average molecular weight is 331 g/mol. The van der Waals surface area contributed by atoms with Crippen LogP contribution in [0.2, 0.25) is 0 Å². The van der Waals surface area contributed by atoms with Gasteiger partial charge in [0.15, 0.2) is 6.61 Å². The summed E-state index contributed by atoms with van der Waals surface area (Å²) in [5.74, 6) is -1.10. The molecule has 0 fully saturated rings. The van der Waals surface area contributed by atoms with E-state index in [9.17, 15) is 14.4 Å². The highest BCUT2D eigenvalue weighted by atomic mass is 16.5. The fourth-order valence-corrected chi connectivity index (χ4v) is 2.35. The predicted octanol–water partition coefficient (Wildman–Crippen LogP) is 1.87. The van der Waals surface area contributed by atoms with Crippen LogP contribution in [0.25, 0.3) is 0 Å². The number of hydrogen-bond acceptors (Lipinski definition) is 5. The second-order valence-corrected chi connectivity index (χ2v) is 5.91. The molecule has 0 unspecified atom stereocenters. The number of benzene rings is 1. The molecule has 0 bridgehead atoms. The van der Waals surface area contributed by atoms with E-state index in [2.05, 4.69) is 15.8 Å². The van der Waals surface area contributed by atoms with Crippen LogP contribution in [-0.2, 0) is 19.1 Å². The summed E-state index contributed by atoms with van der Waals surface area (Å²) in [5, 5.41) is 6.43. The molecule has 2 amide bonds. The zero-order chi connectivity index (χ0) is 17.7. The molecule has 0 radical (unpaired) electrons. The number of para-hydroxylation sites is 1. The number of esters is 1. The molecule has 2 N–H and O–H groups in total. The number of nitrogens with one attached hydrogen (secondary N) is 2. The first kappa shape index (κ1) is 17.7. The van der Waals surface area contributed by atoms with Crippen LogP contribution in [-0.4, -0.2) is 30.1 Å². The number of rotatable bonds is 5. The van der Waals surface area contributed by atoms with Crippen molar-refractivity contribution in [3.8, 4) is 0 Å². The molecule has 2 rings (SSSR count). The molecule has 0 aliphatic carbocycles. The summed E-state index contributed by atoms with van der Waals surface area (Å²) in [5.41, 5.74) is 5.04. The Labute approximate surface area is 140 Å². The molecule has 0 saturated heterocycles. The number of aryl methyl sites for hydroxylation is 1. The number of carbonyl (C=O) groups excluding carboxylic acids is 3. The van der Waals surface area contributed by atoms with Gasteiger partial charge in [0.2, 0.25) is 5.91 Å². The lowest BCUT2D eigenvalue weighted by atomic mass is 9.98. The smallest absolute Gasteiger partial charge is 0.355 e. The molecule has 7 heteroatoms. The monoisotopic (exact) mass is 331 g/mol. The third kappa shape index (κ3) is 4.41. The van der Waals surface area contributed by atoms with Crippen molar-refractivity contribution in [2.45, 2.75) is 39.5 Å². The standard InChI is InChI=1S/C17H21N3O4/c1-10(2)12-6-4-5-11(3)16(12)18-15(22)9-24-17(23)13-7-8-14(21)20-19-13/h4-6,10H,7-9H2,1-3H3,(H,18,22)(H,20,21). The maximum absolute atomic E-state index is 12.1. The first-order chi connectivity index (χ1) is 11.4. The molecular weight excluding hydrogens is 310 g/mol. The summed E-state index contributed by atoms with van der Waals surface area (Å²) in [7, 11) is 0. The van der Waals surface area contributed by atoms with Crippen LogP contribution < -0.4 is 10.7 Å². The number of hydrazone groups is 1. The summed E-state index contributed by atoms with van der Waals surface area (Å²) in [6.45, 7) is 5.59. The van der Waals surface area contributed by atoms with Crippen LogP contribution in [0.4, 0.5) is 5.69 Å². The van der Waals surface area contributed by atoms with Crippen molar-refractivity contribution in [2.24, 2.45) is 5.10 Å². The van der Waals surface area contributed by atoms with E-state index in [1.54, 1.807) is 0 Å². The van der Waals surface area contributed by atoms with E-state index in [4.69, 9.17) is 4.74 Å². The Hall–Kier alpha value is -2.70. The van der Waals surface area contributed by atoms with Gasteiger partial charge in [0.1, 0.15) is 5.71 Å². The lowest BCUT2D eigenvalue weighted by Crippen LogP contribution is -2.32. The molecule has 24 heavy (non-hydrogen) atoms. The van der Waals surface area contributed by atoms with Crippen molar-refractivity contribution in [3.05, 3.63) is 29.3 Å². The van der Waals surface area contributed by atoms with Gasteiger partial charge in [0, 0.05) is 18.5 Å². The number of hydrogen-bond donors (Lipinski definition) is 2. The van der Waals surface area contributed by atoms with E-state index < -0.39 is 18.5 Å². The van der Waals surface area contributed by atoms with Gasteiger partial charge in [-0.2, -0.15) is 5.10 Å². The summed E-state index contributed by atoms with van der Waals surface area (Å²) in [4.78, 5) is 34.9. The zero-order valence-electron chi connectivity index (χ0n) is 14.0. The van der Waals surface area contributed by atoms with Gasteiger partial charge < -0.3 is 10.1 Å². The Morgan fingerprint density at radius 3 is 2.71 bits per heavy atom. The van der Waals surface area contributed by atoms with Crippen LogP contribution >= 0.6 is 0 Å². The van der Waals surface area contributed by atoms with Gasteiger partial charge in [-0.3, -0.25) is 9.59 Å². The number of anilines is 1. The number of ether oxygens (including phenoxy) is 1. The van der Waals surface area contributed by atoms with Crippen LogP contribution in [0.5, 0.6) is 0 Å². The Bertz CT molecular complexity index is 695. The Kier molecular flexibility index (Phi) is 5.68. The van der Waals surface area contributed by atoms with Crippen molar-refractivity contribution in [3.63, 3.8) is 0 Å². The maximum atomic E-state index is 12.1. The quantitative estimate of drug-likeness (QED) is 0.805. The summed E-state index contributed by atoms with van der Waals surface area (Å²) < 4.78 is 4.96. The molecule has 0 spiro atoms. The largest absolute Gasteiger partial charge is 0.451 e. The fraction of sp³-hybridized carbons (Fsp3) is 0.412. The second kappa shape index (κ2) is 7.72. The highest BCUT2D eigenvalue weighted by molar-refractivity contribution is 6.37. The van der Waals surface area contributed by atoms with Gasteiger partial charge in [-0.1, -0.05) is 32.0 Å². The van der Waals surface area contributed by atoms with Crippen LogP contribution in [0, 0.1) is 6.92 Å². The van der Waals surface area contributed by atoms with E-state index in [-0.39, 0.29) is 30.4 Å². The molecular formula is C17H21N3O4. The maximum Gasteiger partial charge on any atom is 0.355 e. The fourth-order valence-electron chi connectivity index (χ4n) is 2.35. The Morgan fingerprint density at radius 2 is 2.08 bits per heavy atom. The van der Waals surface area contributed by atoms with E-state index in [1.807, 2.05) is 39.0 Å². The molecule has 128 valence electrons. The highest BCUT2D eigenvalue weighted by Crippen LogP contribution is 2.27. The zero-order valence-corrected chi connectivity index (χ0v) is 14.0. The van der Waals surface area contributed by atoms with Crippen molar-refractivity contribution in [2.75, 3.05) is 11.9 Å². The number of carbonyl (C=O) groups is 3. The third-order valence-corrected chi connectivity index (χ3v) is 3.67. The molecule has 1 aromatic carbocycles. The van der Waals surface area contributed by atoms with Crippen LogP contribution in [0.3, 0.4) is 0 Å². The van der Waals surface area contributed by atoms with Gasteiger partial charge in [-0.15, -0.1) is 0 Å². The molecule has 0 atom stereocenters. The molecule has 0 saturated carbocycles. The highest BCUT2D eigenvalue weighted by Gasteiger charge is 2.21. The summed E-state index contributed by atoms with van der Waals surface area (Å²) in [6, 6.07) is 5.81. The summed E-state index contributed by atoms with van der Waals surface area (Å²) >= 11 is 0. The van der Waals surface area contributed by atoms with Crippen molar-refractivity contribution >= 4 is 29.2 Å². The van der Waals surface area contributed by atoms with E-state index in [1.165, 1.54) is 0 Å². The second-order valence-electron chi connectivity index (χ2n) is 5.91. The van der Waals surface area contributed by atoms with Gasteiger partial charge in [0.25, 0.3) is 5.91 Å². The van der Waals surface area contributed by atoms with E-state index in [0.717, 1.165) is 16.8 Å². The molecule has 1 aromatic rings. The third-order valence-electron chi connectivity index (χ3n) is 3.67. The van der Waals surface area contributed by atoms with E-state index in [0.29, 0.717) is 0 Å². The normalized spacial score (nSPS) is 14.0. The first-order valence-corrected chi connectivity index (χ1v) is 7.80. The van der Waals surface area contributed by atoms with Gasteiger partial charge in [-0.05, 0) is 24.0 Å². The molecule has 7 nitrogen and oxygen atoms in total. The van der Waals surface area contributed by atoms with E-state index >= 15 is 0 Å². The Balaban J connectivity index is 1.95. The van der Waals surface area contributed by atoms with Gasteiger partial charge >= 0.3 is 5.97 Å². The predicted molar refractivity (Wildman–Crippen MR) is 89.7 cm³/mol. The van der Waals surface area contributed by atoms with Crippen molar-refractivity contribution < 1.29 is 19.1 Å². The number of nitrogens with zero attached hydrogens (tertiary/aromatic N) is 1. The molecule has 1 heterocycles. The van der Waals surface area contributed by atoms with Crippen molar-refractivity contribution in [1.29, 1.82) is 0 Å². The average Bonchev–Trinajstić information content (AvgIpc) is 2.55. The number of amides is 2. The lowest BCUT2D eigenvalue weighted by molar-refractivity contribution is -0.140. The molecule has 1 aliphatic heterocycles. The van der Waals surface area contributed by atoms with Crippen molar-refractivity contribution in [1.82, 2.24) is 5.43 Å². The minimum Gasteiger partial charge on any atom is -0.451 e. The lowest BCUT2D eigenvalue weighted by Gasteiger charge is -2.16. The SMILES string of the molecule is Cc1cccc(C(C)C)c1NC(=O)COC(=O)C1=NNC(=O)CC1. The van der Waals surface area contributed by atoms with Crippen LogP contribution in [0.1, 0.15) is 43.7 Å². The minimum absolute atomic E-state index is 0.112. The summed E-state index contributed by atoms with van der Waals surface area (Å²) in [6.07, 6.45) is 0.392. The first-order valence-electron chi connectivity index (χ1n) is 7.80. The molecule has 1 aliphatic rings.